The van der Waals surface area contributed by atoms with Gasteiger partial charge in [-0.2, -0.15) is 0 Å². The monoisotopic (exact) mass is 379 g/mol. The second-order valence-electron chi connectivity index (χ2n) is 8.15. The van der Waals surface area contributed by atoms with E-state index in [0.717, 1.165) is 60.7 Å². The molecule has 0 radical (unpaired) electrons. The van der Waals surface area contributed by atoms with Gasteiger partial charge in [0, 0.05) is 55.1 Å². The minimum Gasteiger partial charge on any atom is -0.496 e. The first-order valence-corrected chi connectivity index (χ1v) is 10.1. The van der Waals surface area contributed by atoms with Crippen molar-refractivity contribution in [1.29, 1.82) is 0 Å². The molecule has 0 spiro atoms. The number of pyridine rings is 1. The van der Waals surface area contributed by atoms with Gasteiger partial charge in [0.1, 0.15) is 5.75 Å². The molecule has 1 aromatic carbocycles. The minimum atomic E-state index is 0.158. The van der Waals surface area contributed by atoms with Crippen LogP contribution in [0.1, 0.15) is 40.0 Å². The van der Waals surface area contributed by atoms with Crippen LogP contribution in [0.4, 0.5) is 0 Å². The zero-order valence-electron chi connectivity index (χ0n) is 17.0. The summed E-state index contributed by atoms with van der Waals surface area (Å²) in [7, 11) is 1.72. The molecule has 1 aromatic heterocycles. The van der Waals surface area contributed by atoms with E-state index in [1.165, 1.54) is 6.42 Å². The molecule has 5 nitrogen and oxygen atoms in total. The van der Waals surface area contributed by atoms with Crippen molar-refractivity contribution in [3.8, 4) is 5.75 Å². The quantitative estimate of drug-likeness (QED) is 0.816. The maximum absolute atomic E-state index is 13.0. The predicted octanol–water partition coefficient (Wildman–Crippen LogP) is 3.44. The van der Waals surface area contributed by atoms with E-state index in [-0.39, 0.29) is 5.91 Å². The number of carbonyl (C=O) groups is 1. The van der Waals surface area contributed by atoms with Gasteiger partial charge in [0.25, 0.3) is 5.91 Å². The Bertz CT molecular complexity index is 852. The number of nitrogens with zero attached hydrogens (tertiary/aromatic N) is 3. The molecule has 2 bridgehead atoms. The maximum atomic E-state index is 13.0. The van der Waals surface area contributed by atoms with E-state index in [2.05, 4.69) is 16.7 Å². The average molecular weight is 380 g/mol. The number of ether oxygens (including phenoxy) is 1. The molecule has 5 heteroatoms. The number of rotatable bonds is 4. The number of aryl methyl sites for hydroxylation is 1. The van der Waals surface area contributed by atoms with Crippen molar-refractivity contribution in [2.45, 2.75) is 39.3 Å². The van der Waals surface area contributed by atoms with Crippen molar-refractivity contribution < 1.29 is 9.53 Å². The predicted molar refractivity (Wildman–Crippen MR) is 110 cm³/mol. The third kappa shape index (κ3) is 3.63. The maximum Gasteiger partial charge on any atom is 0.253 e. The van der Waals surface area contributed by atoms with Crippen LogP contribution in [0, 0.1) is 19.8 Å². The van der Waals surface area contributed by atoms with Gasteiger partial charge in [0.05, 0.1) is 12.8 Å². The highest BCUT2D eigenvalue weighted by Gasteiger charge is 2.37. The Kier molecular flexibility index (Phi) is 5.36. The van der Waals surface area contributed by atoms with E-state index < -0.39 is 0 Å². The summed E-state index contributed by atoms with van der Waals surface area (Å²) in [4.78, 5) is 22.3. The molecule has 2 aromatic rings. The van der Waals surface area contributed by atoms with E-state index in [9.17, 15) is 4.79 Å². The second kappa shape index (κ2) is 7.92. The molecule has 148 valence electrons. The molecule has 3 fully saturated rings. The first-order chi connectivity index (χ1) is 13.6. The van der Waals surface area contributed by atoms with Crippen molar-refractivity contribution in [2.75, 3.05) is 26.7 Å². The van der Waals surface area contributed by atoms with Gasteiger partial charge in [-0.3, -0.25) is 14.7 Å². The van der Waals surface area contributed by atoms with Gasteiger partial charge in [-0.05, 0) is 44.7 Å². The first kappa shape index (κ1) is 18.9. The summed E-state index contributed by atoms with van der Waals surface area (Å²) >= 11 is 0. The third-order valence-corrected chi connectivity index (χ3v) is 6.24. The summed E-state index contributed by atoms with van der Waals surface area (Å²) in [6.45, 7) is 7.62. The topological polar surface area (TPSA) is 45.7 Å². The van der Waals surface area contributed by atoms with Gasteiger partial charge < -0.3 is 9.64 Å². The number of hydrogen-bond donors (Lipinski definition) is 0. The van der Waals surface area contributed by atoms with Crippen LogP contribution in [0.25, 0.3) is 0 Å². The Morgan fingerprint density at radius 1 is 1.14 bits per heavy atom. The molecule has 1 amide bonds. The Balaban J connectivity index is 1.52. The first-order valence-electron chi connectivity index (χ1n) is 10.1. The number of benzene rings is 1. The Morgan fingerprint density at radius 3 is 2.68 bits per heavy atom. The van der Waals surface area contributed by atoms with Crippen molar-refractivity contribution in [2.24, 2.45) is 5.92 Å². The van der Waals surface area contributed by atoms with Gasteiger partial charge in [-0.15, -0.1) is 0 Å². The van der Waals surface area contributed by atoms with Crippen molar-refractivity contribution in [1.82, 2.24) is 14.8 Å². The van der Waals surface area contributed by atoms with Crippen molar-refractivity contribution in [3.63, 3.8) is 0 Å². The molecule has 28 heavy (non-hydrogen) atoms. The van der Waals surface area contributed by atoms with E-state index in [1.54, 1.807) is 7.11 Å². The summed E-state index contributed by atoms with van der Waals surface area (Å²) in [5.74, 6) is 1.62. The van der Waals surface area contributed by atoms with Crippen LogP contribution >= 0.6 is 0 Å². The molecular formula is C23H29N3O2. The number of hydrogen-bond acceptors (Lipinski definition) is 4. The molecule has 3 saturated heterocycles. The van der Waals surface area contributed by atoms with E-state index in [1.807, 2.05) is 43.5 Å². The van der Waals surface area contributed by atoms with E-state index in [4.69, 9.17) is 9.72 Å². The number of fused-ring (bicyclic) bond motifs is 4. The Hall–Kier alpha value is -2.40. The molecule has 5 rings (SSSR count). The molecule has 0 aliphatic carbocycles. The average Bonchev–Trinajstić information content (AvgIpc) is 3.02. The van der Waals surface area contributed by atoms with Crippen LogP contribution in [0.3, 0.4) is 0 Å². The molecule has 4 heterocycles. The molecule has 3 aliphatic rings. The fraction of sp³-hybridized carbons (Fsp3) is 0.478. The molecule has 0 N–H and O–H groups in total. The molecule has 2 atom stereocenters. The van der Waals surface area contributed by atoms with Crippen molar-refractivity contribution in [3.05, 3.63) is 58.9 Å². The van der Waals surface area contributed by atoms with Gasteiger partial charge in [-0.25, -0.2) is 0 Å². The van der Waals surface area contributed by atoms with Gasteiger partial charge >= 0.3 is 0 Å². The summed E-state index contributed by atoms with van der Waals surface area (Å²) in [6.07, 6.45) is 4.25. The van der Waals surface area contributed by atoms with Gasteiger partial charge in [-0.1, -0.05) is 18.2 Å². The molecule has 0 unspecified atom stereocenters. The summed E-state index contributed by atoms with van der Waals surface area (Å²) in [6, 6.07) is 10.0. The van der Waals surface area contributed by atoms with Gasteiger partial charge in [0.2, 0.25) is 0 Å². The van der Waals surface area contributed by atoms with Crippen LogP contribution in [0.5, 0.6) is 5.75 Å². The summed E-state index contributed by atoms with van der Waals surface area (Å²) < 4.78 is 5.58. The normalized spacial score (nSPS) is 22.2. The van der Waals surface area contributed by atoms with Crippen LogP contribution in [0.2, 0.25) is 0 Å². The third-order valence-electron chi connectivity index (χ3n) is 6.24. The van der Waals surface area contributed by atoms with Crippen LogP contribution in [-0.4, -0.2) is 53.5 Å². The zero-order valence-corrected chi connectivity index (χ0v) is 17.0. The van der Waals surface area contributed by atoms with Crippen LogP contribution in [0.15, 0.2) is 36.5 Å². The second-order valence-corrected chi connectivity index (χ2v) is 8.15. The molecule has 3 aliphatic heterocycles. The molecular weight excluding hydrogens is 350 g/mol. The van der Waals surface area contributed by atoms with Crippen LogP contribution in [-0.2, 0) is 6.54 Å². The number of piperidine rings is 1. The lowest BCUT2D eigenvalue weighted by Crippen LogP contribution is -2.44. The van der Waals surface area contributed by atoms with E-state index in [0.29, 0.717) is 12.0 Å². The highest BCUT2D eigenvalue weighted by molar-refractivity contribution is 5.94. The largest absolute Gasteiger partial charge is 0.496 e. The fourth-order valence-corrected chi connectivity index (χ4v) is 4.72. The summed E-state index contributed by atoms with van der Waals surface area (Å²) in [5.41, 5.74) is 4.06. The smallest absolute Gasteiger partial charge is 0.253 e. The lowest BCUT2D eigenvalue weighted by molar-refractivity contribution is 0.0735. The summed E-state index contributed by atoms with van der Waals surface area (Å²) in [5, 5.41) is 0. The lowest BCUT2D eigenvalue weighted by atomic mass is 9.94. The number of aromatic nitrogens is 1. The van der Waals surface area contributed by atoms with Crippen LogP contribution < -0.4 is 4.74 Å². The lowest BCUT2D eigenvalue weighted by Gasteiger charge is -2.36. The number of methoxy groups -OCH3 is 1. The molecule has 0 saturated carbocycles. The number of amides is 1. The van der Waals surface area contributed by atoms with Crippen molar-refractivity contribution >= 4 is 5.91 Å². The number of carbonyl (C=O) groups excluding carboxylic acids is 1. The Labute approximate surface area is 167 Å². The SMILES string of the molecule is COc1c(C)cnc(CN2C[C@H]3CC[C@@H]2CN(C(=O)c2ccccc2)C3)c1C. The zero-order chi connectivity index (χ0) is 19.7. The minimum absolute atomic E-state index is 0.158. The Morgan fingerprint density at radius 2 is 1.93 bits per heavy atom. The highest BCUT2D eigenvalue weighted by Crippen LogP contribution is 2.31. The van der Waals surface area contributed by atoms with Gasteiger partial charge in [0.15, 0.2) is 0 Å². The van der Waals surface area contributed by atoms with E-state index >= 15 is 0 Å². The highest BCUT2D eigenvalue weighted by atomic mass is 16.5. The standard InChI is InChI=1S/C23H29N3O2/c1-16-11-24-21(17(2)22(16)28-3)15-25-12-18-9-10-20(25)14-26(13-18)23(27)19-7-5-4-6-8-19/h4-8,11,18,20H,9-10,12-15H2,1-3H3/t18-,20-/m1/s1. The fourth-order valence-electron chi connectivity index (χ4n) is 4.72.